The average Bonchev–Trinajstić information content (AvgIpc) is 2.58. The molecule has 0 atom stereocenters. The summed E-state index contributed by atoms with van der Waals surface area (Å²) >= 11 is 1.72. The van der Waals surface area contributed by atoms with Crippen LogP contribution >= 0.6 is 11.8 Å². The molecule has 0 fully saturated rings. The van der Waals surface area contributed by atoms with Crippen molar-refractivity contribution in [1.29, 1.82) is 0 Å². The van der Waals surface area contributed by atoms with Crippen molar-refractivity contribution in [2.24, 2.45) is 0 Å². The monoisotopic (exact) mass is 327 g/mol. The highest BCUT2D eigenvalue weighted by molar-refractivity contribution is 7.98. The van der Waals surface area contributed by atoms with Gasteiger partial charge in [-0.05, 0) is 37.3 Å². The maximum Gasteiger partial charge on any atom is 0.251 e. The number of ether oxygens (including phenoxy) is 1. The van der Waals surface area contributed by atoms with Gasteiger partial charge in [-0.15, -0.1) is 18.3 Å². The number of aryl methyl sites for hydroxylation is 1. The molecule has 0 unspecified atom stereocenters. The van der Waals surface area contributed by atoms with Crippen LogP contribution < -0.4 is 10.1 Å². The zero-order valence-corrected chi connectivity index (χ0v) is 14.3. The number of hydrogen-bond donors (Lipinski definition) is 1. The van der Waals surface area contributed by atoms with Gasteiger partial charge in [0.05, 0.1) is 7.11 Å². The number of carbonyl (C=O) groups is 1. The van der Waals surface area contributed by atoms with Gasteiger partial charge in [0.1, 0.15) is 5.75 Å². The molecule has 23 heavy (non-hydrogen) atoms. The fourth-order valence-corrected chi connectivity index (χ4v) is 2.97. The van der Waals surface area contributed by atoms with Gasteiger partial charge in [0.25, 0.3) is 5.91 Å². The van der Waals surface area contributed by atoms with E-state index >= 15 is 0 Å². The molecule has 3 nitrogen and oxygen atoms in total. The molecular weight excluding hydrogens is 306 g/mol. The molecule has 0 saturated heterocycles. The molecule has 0 aliphatic heterocycles. The minimum absolute atomic E-state index is 0.103. The van der Waals surface area contributed by atoms with Crippen LogP contribution in [0.25, 0.3) is 0 Å². The Morgan fingerprint density at radius 3 is 2.65 bits per heavy atom. The summed E-state index contributed by atoms with van der Waals surface area (Å²) in [5.74, 6) is 1.44. The zero-order chi connectivity index (χ0) is 16.7. The molecule has 2 aromatic rings. The van der Waals surface area contributed by atoms with Crippen LogP contribution in [-0.4, -0.2) is 19.6 Å². The van der Waals surface area contributed by atoms with Crippen molar-refractivity contribution in [1.82, 2.24) is 5.32 Å². The van der Waals surface area contributed by atoms with Crippen LogP contribution in [0.15, 0.2) is 60.0 Å². The maximum atomic E-state index is 12.1. The molecule has 2 rings (SSSR count). The van der Waals surface area contributed by atoms with E-state index in [9.17, 15) is 4.79 Å². The van der Waals surface area contributed by atoms with Crippen LogP contribution in [0.2, 0.25) is 0 Å². The van der Waals surface area contributed by atoms with Gasteiger partial charge in [0.2, 0.25) is 0 Å². The third-order valence-electron chi connectivity index (χ3n) is 3.36. The quantitative estimate of drug-likeness (QED) is 0.611. The standard InChI is InChI=1S/C19H21NO2S/c1-4-11-20-19(21)15-7-10-18(22-3)16(12-15)13-23-17-8-5-14(2)6-9-17/h4-10,12H,1,11,13H2,2-3H3,(H,20,21). The summed E-state index contributed by atoms with van der Waals surface area (Å²) in [6.45, 7) is 6.13. The van der Waals surface area contributed by atoms with Crippen LogP contribution in [0.5, 0.6) is 5.75 Å². The highest BCUT2D eigenvalue weighted by Crippen LogP contribution is 2.29. The minimum Gasteiger partial charge on any atom is -0.496 e. The van der Waals surface area contributed by atoms with Gasteiger partial charge in [-0.25, -0.2) is 0 Å². The maximum absolute atomic E-state index is 12.1. The summed E-state index contributed by atoms with van der Waals surface area (Å²) in [6.07, 6.45) is 1.66. The second-order valence-electron chi connectivity index (χ2n) is 5.13. The third kappa shape index (κ3) is 4.89. The number of methoxy groups -OCH3 is 1. The Hall–Kier alpha value is -2.20. The van der Waals surface area contributed by atoms with Crippen LogP contribution in [0.4, 0.5) is 0 Å². The first kappa shape index (κ1) is 17.2. The Labute approximate surface area is 141 Å². The van der Waals surface area contributed by atoms with Crippen molar-refractivity contribution >= 4 is 17.7 Å². The lowest BCUT2D eigenvalue weighted by molar-refractivity contribution is 0.0958. The number of nitrogens with one attached hydrogen (secondary N) is 1. The first-order valence-corrected chi connectivity index (χ1v) is 8.38. The Kier molecular flexibility index (Phi) is 6.29. The Morgan fingerprint density at radius 1 is 1.26 bits per heavy atom. The smallest absolute Gasteiger partial charge is 0.251 e. The fourth-order valence-electron chi connectivity index (χ4n) is 2.10. The molecule has 2 aromatic carbocycles. The van der Waals surface area contributed by atoms with E-state index in [0.717, 1.165) is 17.1 Å². The van der Waals surface area contributed by atoms with E-state index in [4.69, 9.17) is 4.74 Å². The van der Waals surface area contributed by atoms with E-state index in [1.165, 1.54) is 10.5 Å². The molecule has 0 aromatic heterocycles. The predicted molar refractivity (Wildman–Crippen MR) is 96.3 cm³/mol. The second-order valence-corrected chi connectivity index (χ2v) is 6.18. The molecule has 1 N–H and O–H groups in total. The van der Waals surface area contributed by atoms with Crippen LogP contribution in [0.1, 0.15) is 21.5 Å². The molecule has 0 aliphatic rings. The summed E-state index contributed by atoms with van der Waals surface area (Å²) in [7, 11) is 1.65. The second kappa shape index (κ2) is 8.44. The molecule has 0 heterocycles. The highest BCUT2D eigenvalue weighted by Gasteiger charge is 2.10. The molecule has 0 bridgehead atoms. The summed E-state index contributed by atoms with van der Waals surface area (Å²) in [5.41, 5.74) is 2.88. The zero-order valence-electron chi connectivity index (χ0n) is 13.5. The van der Waals surface area contributed by atoms with Gasteiger partial charge >= 0.3 is 0 Å². The molecule has 0 aliphatic carbocycles. The Balaban J connectivity index is 2.13. The molecule has 0 radical (unpaired) electrons. The fraction of sp³-hybridized carbons (Fsp3) is 0.211. The highest BCUT2D eigenvalue weighted by atomic mass is 32.2. The van der Waals surface area contributed by atoms with Crippen LogP contribution in [0.3, 0.4) is 0 Å². The lowest BCUT2D eigenvalue weighted by Crippen LogP contribution is -2.23. The number of hydrogen-bond acceptors (Lipinski definition) is 3. The van der Waals surface area contributed by atoms with E-state index in [1.807, 2.05) is 12.1 Å². The molecule has 0 spiro atoms. The SMILES string of the molecule is C=CCNC(=O)c1ccc(OC)c(CSc2ccc(C)cc2)c1. The topological polar surface area (TPSA) is 38.3 Å². The Morgan fingerprint density at radius 2 is 2.00 bits per heavy atom. The van der Waals surface area contributed by atoms with Gasteiger partial charge in [0.15, 0.2) is 0 Å². The molecule has 4 heteroatoms. The first-order chi connectivity index (χ1) is 11.1. The van der Waals surface area contributed by atoms with E-state index in [0.29, 0.717) is 12.1 Å². The summed E-state index contributed by atoms with van der Waals surface area (Å²) in [4.78, 5) is 13.3. The van der Waals surface area contributed by atoms with Crippen molar-refractivity contribution in [3.05, 3.63) is 71.8 Å². The number of amides is 1. The predicted octanol–water partition coefficient (Wildman–Crippen LogP) is 4.21. The number of carbonyl (C=O) groups excluding carboxylic acids is 1. The van der Waals surface area contributed by atoms with Crippen molar-refractivity contribution in [2.75, 3.05) is 13.7 Å². The lowest BCUT2D eigenvalue weighted by atomic mass is 10.1. The van der Waals surface area contributed by atoms with Crippen LogP contribution in [0, 0.1) is 6.92 Å². The van der Waals surface area contributed by atoms with E-state index in [1.54, 1.807) is 31.0 Å². The Bertz CT molecular complexity index is 680. The van der Waals surface area contributed by atoms with E-state index < -0.39 is 0 Å². The molecule has 0 saturated carbocycles. The van der Waals surface area contributed by atoms with Crippen molar-refractivity contribution in [2.45, 2.75) is 17.6 Å². The number of thioether (sulfide) groups is 1. The summed E-state index contributed by atoms with van der Waals surface area (Å²) in [5, 5.41) is 2.79. The number of benzene rings is 2. The summed E-state index contributed by atoms with van der Waals surface area (Å²) in [6, 6.07) is 13.9. The number of rotatable bonds is 7. The first-order valence-electron chi connectivity index (χ1n) is 7.39. The average molecular weight is 327 g/mol. The van der Waals surface area contributed by atoms with Crippen molar-refractivity contribution in [3.63, 3.8) is 0 Å². The molecule has 120 valence electrons. The van der Waals surface area contributed by atoms with Gasteiger partial charge in [-0.2, -0.15) is 0 Å². The lowest BCUT2D eigenvalue weighted by Gasteiger charge is -2.11. The normalized spacial score (nSPS) is 10.2. The van der Waals surface area contributed by atoms with Crippen molar-refractivity contribution < 1.29 is 9.53 Å². The van der Waals surface area contributed by atoms with Gasteiger partial charge in [-0.3, -0.25) is 4.79 Å². The summed E-state index contributed by atoms with van der Waals surface area (Å²) < 4.78 is 5.41. The van der Waals surface area contributed by atoms with Gasteiger partial charge in [-0.1, -0.05) is 23.8 Å². The third-order valence-corrected chi connectivity index (χ3v) is 4.43. The largest absolute Gasteiger partial charge is 0.496 e. The molecular formula is C19H21NO2S. The minimum atomic E-state index is -0.103. The van der Waals surface area contributed by atoms with E-state index in [-0.39, 0.29) is 5.91 Å². The molecule has 1 amide bonds. The van der Waals surface area contributed by atoms with E-state index in [2.05, 4.69) is 43.1 Å². The van der Waals surface area contributed by atoms with Gasteiger partial charge in [0, 0.05) is 28.3 Å². The van der Waals surface area contributed by atoms with Crippen LogP contribution in [-0.2, 0) is 5.75 Å². The van der Waals surface area contributed by atoms with Crippen molar-refractivity contribution in [3.8, 4) is 5.75 Å². The van der Waals surface area contributed by atoms with Gasteiger partial charge < -0.3 is 10.1 Å².